The van der Waals surface area contributed by atoms with Crippen LogP contribution in [-0.2, 0) is 21.4 Å². The molecule has 0 atom stereocenters. The van der Waals surface area contributed by atoms with Gasteiger partial charge in [0.1, 0.15) is 0 Å². The van der Waals surface area contributed by atoms with Gasteiger partial charge in [0.2, 0.25) is 15.9 Å². The Bertz CT molecular complexity index is 844. The molecule has 0 spiro atoms. The van der Waals surface area contributed by atoms with Gasteiger partial charge in [-0.2, -0.15) is 0 Å². The standard InChI is InChI=1S/C20H24N2O3S/c1-3-4-14-22(16-18-8-6-5-7-9-18)20(23)15-21-26(24,25)19-12-10-17(2)11-13-19/h3-13,21H,14-16H2,1-2H3/b4-3+. The summed E-state index contributed by atoms with van der Waals surface area (Å²) in [5.41, 5.74) is 1.96. The van der Waals surface area contributed by atoms with Crippen LogP contribution >= 0.6 is 0 Å². The average molecular weight is 372 g/mol. The maximum Gasteiger partial charge on any atom is 0.241 e. The van der Waals surface area contributed by atoms with Gasteiger partial charge in [0.05, 0.1) is 11.4 Å². The van der Waals surface area contributed by atoms with E-state index in [1.54, 1.807) is 17.0 Å². The number of allylic oxidation sites excluding steroid dienone is 1. The van der Waals surface area contributed by atoms with E-state index in [4.69, 9.17) is 0 Å². The maximum atomic E-state index is 12.6. The molecule has 0 aliphatic heterocycles. The third-order valence-corrected chi connectivity index (χ3v) is 5.29. The lowest BCUT2D eigenvalue weighted by molar-refractivity contribution is -0.130. The molecule has 0 saturated heterocycles. The number of rotatable bonds is 8. The van der Waals surface area contributed by atoms with E-state index in [-0.39, 0.29) is 17.3 Å². The summed E-state index contributed by atoms with van der Waals surface area (Å²) >= 11 is 0. The van der Waals surface area contributed by atoms with Crippen LogP contribution in [0.25, 0.3) is 0 Å². The van der Waals surface area contributed by atoms with Gasteiger partial charge in [-0.25, -0.2) is 13.1 Å². The number of sulfonamides is 1. The van der Waals surface area contributed by atoms with E-state index < -0.39 is 10.0 Å². The van der Waals surface area contributed by atoms with Crippen LogP contribution in [0.4, 0.5) is 0 Å². The number of carbonyl (C=O) groups excluding carboxylic acids is 1. The van der Waals surface area contributed by atoms with E-state index in [2.05, 4.69) is 4.72 Å². The lowest BCUT2D eigenvalue weighted by Crippen LogP contribution is -2.40. The summed E-state index contributed by atoms with van der Waals surface area (Å²) in [5.74, 6) is -0.275. The average Bonchev–Trinajstić information content (AvgIpc) is 2.64. The van der Waals surface area contributed by atoms with Crippen molar-refractivity contribution in [2.45, 2.75) is 25.3 Å². The highest BCUT2D eigenvalue weighted by Crippen LogP contribution is 2.10. The van der Waals surface area contributed by atoms with Crippen LogP contribution in [0, 0.1) is 6.92 Å². The first-order chi connectivity index (χ1) is 12.4. The van der Waals surface area contributed by atoms with E-state index in [0.717, 1.165) is 11.1 Å². The van der Waals surface area contributed by atoms with E-state index in [1.165, 1.54) is 12.1 Å². The van der Waals surface area contributed by atoms with Crippen molar-refractivity contribution < 1.29 is 13.2 Å². The number of carbonyl (C=O) groups is 1. The summed E-state index contributed by atoms with van der Waals surface area (Å²) in [6, 6.07) is 16.1. The third kappa shape index (κ3) is 5.82. The SMILES string of the molecule is C/C=C/CN(Cc1ccccc1)C(=O)CNS(=O)(=O)c1ccc(C)cc1. The molecule has 6 heteroatoms. The Morgan fingerprint density at radius 3 is 2.35 bits per heavy atom. The minimum absolute atomic E-state index is 0.152. The van der Waals surface area contributed by atoms with Gasteiger partial charge in [0.15, 0.2) is 0 Å². The van der Waals surface area contributed by atoms with Crippen molar-refractivity contribution in [1.29, 1.82) is 0 Å². The molecule has 0 fully saturated rings. The number of hydrogen-bond donors (Lipinski definition) is 1. The maximum absolute atomic E-state index is 12.6. The first kappa shape index (κ1) is 19.9. The van der Waals surface area contributed by atoms with Crippen LogP contribution in [0.5, 0.6) is 0 Å². The quantitative estimate of drug-likeness (QED) is 0.725. The first-order valence-electron chi connectivity index (χ1n) is 8.41. The zero-order chi connectivity index (χ0) is 19.0. The van der Waals surface area contributed by atoms with Crippen LogP contribution in [0.2, 0.25) is 0 Å². The van der Waals surface area contributed by atoms with E-state index in [9.17, 15) is 13.2 Å². The van der Waals surface area contributed by atoms with E-state index >= 15 is 0 Å². The van der Waals surface area contributed by atoms with Crippen LogP contribution in [-0.4, -0.2) is 32.3 Å². The second-order valence-corrected chi connectivity index (χ2v) is 7.73. The summed E-state index contributed by atoms with van der Waals surface area (Å²) in [6.45, 7) is 4.34. The summed E-state index contributed by atoms with van der Waals surface area (Å²) in [7, 11) is -3.71. The normalized spacial score (nSPS) is 11.6. The van der Waals surface area contributed by atoms with Crippen LogP contribution in [0.3, 0.4) is 0 Å². The minimum atomic E-state index is -3.71. The fourth-order valence-electron chi connectivity index (χ4n) is 2.36. The first-order valence-corrected chi connectivity index (χ1v) is 9.90. The smallest absolute Gasteiger partial charge is 0.241 e. The number of hydrogen-bond acceptors (Lipinski definition) is 3. The number of amides is 1. The Morgan fingerprint density at radius 1 is 1.08 bits per heavy atom. The molecule has 5 nitrogen and oxygen atoms in total. The highest BCUT2D eigenvalue weighted by atomic mass is 32.2. The van der Waals surface area contributed by atoms with Gasteiger partial charge in [-0.15, -0.1) is 0 Å². The fourth-order valence-corrected chi connectivity index (χ4v) is 3.33. The molecule has 26 heavy (non-hydrogen) atoms. The zero-order valence-electron chi connectivity index (χ0n) is 15.1. The molecule has 0 aromatic heterocycles. The molecule has 138 valence electrons. The van der Waals surface area contributed by atoms with Gasteiger partial charge in [0, 0.05) is 13.1 Å². The molecular weight excluding hydrogens is 348 g/mol. The minimum Gasteiger partial charge on any atom is -0.334 e. The lowest BCUT2D eigenvalue weighted by Gasteiger charge is -2.21. The summed E-state index contributed by atoms with van der Waals surface area (Å²) in [5, 5.41) is 0. The number of benzene rings is 2. The Labute approximate surface area is 155 Å². The lowest BCUT2D eigenvalue weighted by atomic mass is 10.2. The molecule has 0 aliphatic rings. The molecule has 1 amide bonds. The number of nitrogens with one attached hydrogen (secondary N) is 1. The summed E-state index contributed by atoms with van der Waals surface area (Å²) < 4.78 is 27.1. The Morgan fingerprint density at radius 2 is 1.73 bits per heavy atom. The van der Waals surface area contributed by atoms with Crippen LogP contribution < -0.4 is 4.72 Å². The summed E-state index contributed by atoms with van der Waals surface area (Å²) in [6.07, 6.45) is 3.73. The second-order valence-electron chi connectivity index (χ2n) is 5.97. The van der Waals surface area contributed by atoms with Gasteiger partial charge in [-0.3, -0.25) is 4.79 Å². The summed E-state index contributed by atoms with van der Waals surface area (Å²) in [4.78, 5) is 14.3. The van der Waals surface area contributed by atoms with Crippen LogP contribution in [0.1, 0.15) is 18.1 Å². The molecular formula is C20H24N2O3S. The van der Waals surface area contributed by atoms with Crippen molar-refractivity contribution in [3.05, 3.63) is 77.9 Å². The predicted molar refractivity (Wildman–Crippen MR) is 103 cm³/mol. The molecule has 0 heterocycles. The number of aryl methyl sites for hydroxylation is 1. The molecule has 2 rings (SSSR count). The molecule has 0 saturated carbocycles. The van der Waals surface area contributed by atoms with Crippen molar-refractivity contribution in [1.82, 2.24) is 9.62 Å². The highest BCUT2D eigenvalue weighted by molar-refractivity contribution is 7.89. The topological polar surface area (TPSA) is 66.5 Å². The van der Waals surface area contributed by atoms with Crippen molar-refractivity contribution in [2.24, 2.45) is 0 Å². The second kappa shape index (κ2) is 9.31. The molecule has 2 aromatic carbocycles. The molecule has 1 N–H and O–H groups in total. The van der Waals surface area contributed by atoms with E-state index in [0.29, 0.717) is 13.1 Å². The Kier molecular flexibility index (Phi) is 7.12. The van der Waals surface area contributed by atoms with Crippen molar-refractivity contribution in [2.75, 3.05) is 13.1 Å². The molecule has 0 aliphatic carbocycles. The monoisotopic (exact) mass is 372 g/mol. The Hall–Kier alpha value is -2.44. The van der Waals surface area contributed by atoms with Gasteiger partial charge in [-0.05, 0) is 31.5 Å². The highest BCUT2D eigenvalue weighted by Gasteiger charge is 2.18. The van der Waals surface area contributed by atoms with Gasteiger partial charge >= 0.3 is 0 Å². The van der Waals surface area contributed by atoms with Crippen LogP contribution in [0.15, 0.2) is 71.6 Å². The van der Waals surface area contributed by atoms with Crippen molar-refractivity contribution in [3.63, 3.8) is 0 Å². The third-order valence-electron chi connectivity index (χ3n) is 3.88. The van der Waals surface area contributed by atoms with E-state index in [1.807, 2.05) is 56.3 Å². The largest absolute Gasteiger partial charge is 0.334 e. The van der Waals surface area contributed by atoms with Gasteiger partial charge in [0.25, 0.3) is 0 Å². The number of nitrogens with zero attached hydrogens (tertiary/aromatic N) is 1. The van der Waals surface area contributed by atoms with Gasteiger partial charge in [-0.1, -0.05) is 60.2 Å². The molecule has 0 bridgehead atoms. The Balaban J connectivity index is 2.05. The fraction of sp³-hybridized carbons (Fsp3) is 0.250. The van der Waals surface area contributed by atoms with Crippen molar-refractivity contribution >= 4 is 15.9 Å². The predicted octanol–water partition coefficient (Wildman–Crippen LogP) is 2.88. The molecule has 2 aromatic rings. The molecule has 0 radical (unpaired) electrons. The zero-order valence-corrected chi connectivity index (χ0v) is 15.9. The van der Waals surface area contributed by atoms with Crippen molar-refractivity contribution in [3.8, 4) is 0 Å². The van der Waals surface area contributed by atoms with Gasteiger partial charge < -0.3 is 4.90 Å². The molecule has 0 unspecified atom stereocenters.